The molecule has 0 unspecified atom stereocenters. The van der Waals surface area contributed by atoms with Crippen LogP contribution in [0.25, 0.3) is 6.08 Å². The molecule has 3 aromatic carbocycles. The van der Waals surface area contributed by atoms with Crippen molar-refractivity contribution in [3.05, 3.63) is 92.4 Å². The van der Waals surface area contributed by atoms with Crippen LogP contribution in [0.3, 0.4) is 0 Å². The Morgan fingerprint density at radius 3 is 2.42 bits per heavy atom. The second-order valence-corrected chi connectivity index (χ2v) is 8.02. The highest BCUT2D eigenvalue weighted by molar-refractivity contribution is 6.32. The summed E-state index contributed by atoms with van der Waals surface area (Å²) in [6.07, 6.45) is 1.43. The molecule has 0 aliphatic heterocycles. The highest BCUT2D eigenvalue weighted by Gasteiger charge is 2.15. The largest absolute Gasteiger partial charge is 0.490 e. The molecule has 8 heteroatoms. The van der Waals surface area contributed by atoms with Gasteiger partial charge in [-0.1, -0.05) is 53.0 Å². The zero-order valence-electron chi connectivity index (χ0n) is 17.6. The van der Waals surface area contributed by atoms with E-state index in [2.05, 4.69) is 5.32 Å². The van der Waals surface area contributed by atoms with Gasteiger partial charge in [-0.15, -0.1) is 0 Å². The number of nitrogens with zero attached hydrogens (tertiary/aromatic N) is 1. The van der Waals surface area contributed by atoms with Gasteiger partial charge < -0.3 is 14.8 Å². The number of amides is 1. The highest BCUT2D eigenvalue weighted by atomic mass is 35.5. The van der Waals surface area contributed by atoms with Crippen LogP contribution in [-0.4, -0.2) is 12.5 Å². The maximum Gasteiger partial charge on any atom is 0.266 e. The summed E-state index contributed by atoms with van der Waals surface area (Å²) >= 11 is 18.5. The van der Waals surface area contributed by atoms with Crippen molar-refractivity contribution in [3.63, 3.8) is 0 Å². The number of nitrogens with one attached hydrogen (secondary N) is 1. The van der Waals surface area contributed by atoms with Crippen molar-refractivity contribution in [2.45, 2.75) is 13.5 Å². The number of hydrogen-bond donors (Lipinski definition) is 1. The Hall–Kier alpha value is -3.17. The van der Waals surface area contributed by atoms with Gasteiger partial charge in [0.25, 0.3) is 5.91 Å². The molecule has 3 aromatic rings. The predicted octanol–water partition coefficient (Wildman–Crippen LogP) is 7.17. The second kappa shape index (κ2) is 11.6. The first-order valence-electron chi connectivity index (χ1n) is 9.92. The third-order valence-electron chi connectivity index (χ3n) is 4.44. The number of ether oxygens (including phenoxy) is 2. The number of halogens is 3. The molecule has 0 spiro atoms. The molecule has 0 saturated carbocycles. The molecule has 0 aliphatic rings. The Balaban J connectivity index is 1.85. The second-order valence-electron chi connectivity index (χ2n) is 6.77. The summed E-state index contributed by atoms with van der Waals surface area (Å²) in [5.41, 5.74) is 1.72. The quantitative estimate of drug-likeness (QED) is 0.262. The molecular formula is C25H19Cl3N2O3. The average molecular weight is 502 g/mol. The summed E-state index contributed by atoms with van der Waals surface area (Å²) in [4.78, 5) is 12.6. The normalized spacial score (nSPS) is 10.9. The van der Waals surface area contributed by atoms with E-state index in [1.165, 1.54) is 6.08 Å². The molecule has 0 radical (unpaired) electrons. The van der Waals surface area contributed by atoms with Gasteiger partial charge >= 0.3 is 0 Å². The van der Waals surface area contributed by atoms with E-state index in [0.29, 0.717) is 39.4 Å². The van der Waals surface area contributed by atoms with Crippen LogP contribution in [0.15, 0.2) is 66.2 Å². The van der Waals surface area contributed by atoms with Gasteiger partial charge in [0.2, 0.25) is 0 Å². The Labute approximate surface area is 207 Å². The fraction of sp³-hybridized carbons (Fsp3) is 0.120. The summed E-state index contributed by atoms with van der Waals surface area (Å²) in [6.45, 7) is 2.39. The average Bonchev–Trinajstić information content (AvgIpc) is 2.79. The van der Waals surface area contributed by atoms with Gasteiger partial charge in [-0.25, -0.2) is 0 Å². The number of rotatable bonds is 8. The molecule has 0 aliphatic carbocycles. The first-order valence-corrected chi connectivity index (χ1v) is 11.1. The topological polar surface area (TPSA) is 71.3 Å². The Morgan fingerprint density at radius 2 is 1.76 bits per heavy atom. The first-order chi connectivity index (χ1) is 15.9. The van der Waals surface area contributed by atoms with Crippen molar-refractivity contribution in [2.75, 3.05) is 11.9 Å². The molecule has 33 heavy (non-hydrogen) atoms. The first kappa shape index (κ1) is 24.5. The predicted molar refractivity (Wildman–Crippen MR) is 132 cm³/mol. The minimum Gasteiger partial charge on any atom is -0.490 e. The van der Waals surface area contributed by atoms with E-state index >= 15 is 0 Å². The van der Waals surface area contributed by atoms with E-state index in [-0.39, 0.29) is 17.2 Å². The van der Waals surface area contributed by atoms with Gasteiger partial charge in [-0.2, -0.15) is 5.26 Å². The Morgan fingerprint density at radius 1 is 1.03 bits per heavy atom. The zero-order chi connectivity index (χ0) is 23.8. The molecule has 3 rings (SSSR count). The van der Waals surface area contributed by atoms with Crippen LogP contribution < -0.4 is 14.8 Å². The fourth-order valence-electron chi connectivity index (χ4n) is 2.89. The molecule has 0 bridgehead atoms. The van der Waals surface area contributed by atoms with Crippen molar-refractivity contribution in [2.24, 2.45) is 0 Å². The van der Waals surface area contributed by atoms with Crippen LogP contribution >= 0.6 is 34.8 Å². The van der Waals surface area contributed by atoms with E-state index in [1.54, 1.807) is 42.5 Å². The Bertz CT molecular complexity index is 1220. The summed E-state index contributed by atoms with van der Waals surface area (Å²) in [6, 6.07) is 19.1. The molecule has 5 nitrogen and oxygen atoms in total. The van der Waals surface area contributed by atoms with Crippen LogP contribution in [0.5, 0.6) is 11.5 Å². The third-order valence-corrected chi connectivity index (χ3v) is 5.34. The van der Waals surface area contributed by atoms with Gasteiger partial charge in [0.15, 0.2) is 11.5 Å². The monoisotopic (exact) mass is 500 g/mol. The lowest BCUT2D eigenvalue weighted by atomic mass is 10.1. The molecular weight excluding hydrogens is 483 g/mol. The van der Waals surface area contributed by atoms with Crippen LogP contribution in [0, 0.1) is 11.3 Å². The summed E-state index contributed by atoms with van der Waals surface area (Å²) in [5, 5.41) is 13.6. The Kier molecular flexibility index (Phi) is 8.62. The maximum absolute atomic E-state index is 12.6. The van der Waals surface area contributed by atoms with Crippen LogP contribution in [0.4, 0.5) is 5.69 Å². The van der Waals surface area contributed by atoms with Gasteiger partial charge in [-0.3, -0.25) is 4.79 Å². The number of hydrogen-bond acceptors (Lipinski definition) is 4. The van der Waals surface area contributed by atoms with Gasteiger partial charge in [-0.05, 0) is 61.0 Å². The molecule has 0 saturated heterocycles. The van der Waals surface area contributed by atoms with E-state index in [4.69, 9.17) is 44.3 Å². The molecule has 0 fully saturated rings. The standard InChI is InChI=1S/C25H19Cl3N2O3/c1-2-32-23-13-16(11-18(14-29)25(31)30-20-9-7-19(26)8-10-20)12-22(28)24(23)33-15-17-5-3-4-6-21(17)27/h3-13H,2,15H2,1H3,(H,30,31)/b18-11+. The van der Waals surface area contributed by atoms with Gasteiger partial charge in [0.05, 0.1) is 11.6 Å². The lowest BCUT2D eigenvalue weighted by Gasteiger charge is -2.15. The zero-order valence-corrected chi connectivity index (χ0v) is 19.8. The third kappa shape index (κ3) is 6.66. The molecule has 0 atom stereocenters. The van der Waals surface area contributed by atoms with Crippen molar-refractivity contribution >= 4 is 52.5 Å². The molecule has 1 amide bonds. The summed E-state index contributed by atoms with van der Waals surface area (Å²) in [7, 11) is 0. The smallest absolute Gasteiger partial charge is 0.266 e. The van der Waals surface area contributed by atoms with Crippen molar-refractivity contribution in [3.8, 4) is 17.6 Å². The van der Waals surface area contributed by atoms with E-state index < -0.39 is 5.91 Å². The van der Waals surface area contributed by atoms with Crippen LogP contribution in [0.1, 0.15) is 18.1 Å². The molecule has 0 aromatic heterocycles. The minimum absolute atomic E-state index is 0.104. The minimum atomic E-state index is -0.562. The van der Waals surface area contributed by atoms with Crippen molar-refractivity contribution in [1.82, 2.24) is 0 Å². The van der Waals surface area contributed by atoms with E-state index in [0.717, 1.165) is 5.56 Å². The fourth-order valence-corrected chi connectivity index (χ4v) is 3.48. The van der Waals surface area contributed by atoms with Crippen LogP contribution in [-0.2, 0) is 11.4 Å². The molecule has 1 N–H and O–H groups in total. The maximum atomic E-state index is 12.6. The highest BCUT2D eigenvalue weighted by Crippen LogP contribution is 2.38. The van der Waals surface area contributed by atoms with Crippen molar-refractivity contribution < 1.29 is 14.3 Å². The molecule has 0 heterocycles. The van der Waals surface area contributed by atoms with Crippen molar-refractivity contribution in [1.29, 1.82) is 5.26 Å². The lowest BCUT2D eigenvalue weighted by molar-refractivity contribution is -0.112. The number of carbonyl (C=O) groups is 1. The van der Waals surface area contributed by atoms with E-state index in [9.17, 15) is 10.1 Å². The lowest BCUT2D eigenvalue weighted by Crippen LogP contribution is -2.13. The number of carbonyl (C=O) groups excluding carboxylic acids is 1. The van der Waals surface area contributed by atoms with E-state index in [1.807, 2.05) is 31.2 Å². The summed E-state index contributed by atoms with van der Waals surface area (Å²) < 4.78 is 11.6. The van der Waals surface area contributed by atoms with Gasteiger partial charge in [0.1, 0.15) is 18.2 Å². The SMILES string of the molecule is CCOc1cc(/C=C(\C#N)C(=O)Nc2ccc(Cl)cc2)cc(Cl)c1OCc1ccccc1Cl. The summed E-state index contributed by atoms with van der Waals surface area (Å²) in [5.74, 6) is 0.173. The van der Waals surface area contributed by atoms with Gasteiger partial charge in [0, 0.05) is 21.3 Å². The number of nitriles is 1. The van der Waals surface area contributed by atoms with Crippen LogP contribution in [0.2, 0.25) is 15.1 Å². The number of anilines is 1. The molecule has 168 valence electrons. The number of benzene rings is 3.